The van der Waals surface area contributed by atoms with E-state index in [0.29, 0.717) is 0 Å². The molecule has 0 aromatic carbocycles. The van der Waals surface area contributed by atoms with Gasteiger partial charge in [-0.05, 0) is 12.8 Å². The topological polar surface area (TPSA) is 92.4 Å². The molecule has 0 saturated carbocycles. The molecular weight excluding hydrogens is 210 g/mol. The van der Waals surface area contributed by atoms with Gasteiger partial charge in [-0.25, -0.2) is 13.6 Å². The van der Waals surface area contributed by atoms with Crippen molar-refractivity contribution < 1.29 is 23.5 Å². The smallest absolute Gasteiger partial charge is 0.329 e. The maximum Gasteiger partial charge on any atom is 0.329 e. The quantitative estimate of drug-likeness (QED) is 0.551. The van der Waals surface area contributed by atoms with E-state index in [9.17, 15) is 18.4 Å². The van der Waals surface area contributed by atoms with E-state index < -0.39 is 17.9 Å². The Morgan fingerprint density at radius 1 is 1.53 bits per heavy atom. The molecule has 4 N–H and O–H groups in total. The SMILES string of the molecule is CC(=O)NCCCC(N)(C(=O)O)C(F)F. The van der Waals surface area contributed by atoms with Crippen LogP contribution in [-0.4, -0.2) is 35.5 Å². The molecule has 0 aromatic heterocycles. The van der Waals surface area contributed by atoms with Crippen LogP contribution in [-0.2, 0) is 9.59 Å². The zero-order valence-corrected chi connectivity index (χ0v) is 8.30. The van der Waals surface area contributed by atoms with Gasteiger partial charge in [0.05, 0.1) is 0 Å². The summed E-state index contributed by atoms with van der Waals surface area (Å²) in [5, 5.41) is 10.9. The highest BCUT2D eigenvalue weighted by Crippen LogP contribution is 2.19. The summed E-state index contributed by atoms with van der Waals surface area (Å²) in [7, 11) is 0. The maximum atomic E-state index is 12.3. The van der Waals surface area contributed by atoms with Crippen LogP contribution in [0.5, 0.6) is 0 Å². The molecule has 5 nitrogen and oxygen atoms in total. The minimum Gasteiger partial charge on any atom is -0.480 e. The fourth-order valence-electron chi connectivity index (χ4n) is 0.955. The lowest BCUT2D eigenvalue weighted by atomic mass is 9.95. The fourth-order valence-corrected chi connectivity index (χ4v) is 0.955. The summed E-state index contributed by atoms with van der Waals surface area (Å²) in [4.78, 5) is 20.9. The van der Waals surface area contributed by atoms with Gasteiger partial charge in [-0.3, -0.25) is 4.79 Å². The summed E-state index contributed by atoms with van der Waals surface area (Å²) in [5.41, 5.74) is 2.51. The van der Waals surface area contributed by atoms with E-state index in [1.807, 2.05) is 0 Å². The highest BCUT2D eigenvalue weighted by Gasteiger charge is 2.43. The Hall–Kier alpha value is -1.24. The van der Waals surface area contributed by atoms with Crippen LogP contribution in [0.25, 0.3) is 0 Å². The van der Waals surface area contributed by atoms with Crippen molar-refractivity contribution >= 4 is 11.9 Å². The Bertz CT molecular complexity index is 248. The molecule has 0 fully saturated rings. The monoisotopic (exact) mass is 224 g/mol. The minimum atomic E-state index is -3.13. The van der Waals surface area contributed by atoms with Crippen molar-refractivity contribution in [1.29, 1.82) is 0 Å². The minimum absolute atomic E-state index is 0.0900. The molecule has 7 heteroatoms. The molecule has 0 rings (SSSR count). The number of amides is 1. The van der Waals surface area contributed by atoms with Crippen LogP contribution in [0.4, 0.5) is 8.78 Å². The largest absolute Gasteiger partial charge is 0.480 e. The van der Waals surface area contributed by atoms with Crippen molar-refractivity contribution in [2.24, 2.45) is 5.73 Å². The van der Waals surface area contributed by atoms with Gasteiger partial charge < -0.3 is 16.2 Å². The van der Waals surface area contributed by atoms with Crippen LogP contribution < -0.4 is 11.1 Å². The molecule has 0 spiro atoms. The number of alkyl halides is 2. The van der Waals surface area contributed by atoms with Gasteiger partial charge in [0.25, 0.3) is 6.43 Å². The molecule has 0 saturated heterocycles. The first-order chi connectivity index (χ1) is 6.80. The second-order valence-electron chi connectivity index (χ2n) is 3.23. The Morgan fingerprint density at radius 2 is 2.07 bits per heavy atom. The Morgan fingerprint density at radius 3 is 2.40 bits per heavy atom. The van der Waals surface area contributed by atoms with Crippen LogP contribution in [0, 0.1) is 0 Å². The molecule has 1 amide bonds. The van der Waals surface area contributed by atoms with Crippen molar-refractivity contribution in [1.82, 2.24) is 5.32 Å². The van der Waals surface area contributed by atoms with E-state index in [1.54, 1.807) is 0 Å². The van der Waals surface area contributed by atoms with Gasteiger partial charge >= 0.3 is 5.97 Å². The van der Waals surface area contributed by atoms with Crippen molar-refractivity contribution in [3.8, 4) is 0 Å². The van der Waals surface area contributed by atoms with Crippen LogP contribution >= 0.6 is 0 Å². The van der Waals surface area contributed by atoms with Crippen molar-refractivity contribution in [2.45, 2.75) is 31.7 Å². The maximum absolute atomic E-state index is 12.3. The van der Waals surface area contributed by atoms with E-state index in [1.165, 1.54) is 6.92 Å². The molecule has 0 bridgehead atoms. The summed E-state index contributed by atoms with van der Waals surface area (Å²) in [6.45, 7) is 1.41. The molecule has 15 heavy (non-hydrogen) atoms. The summed E-state index contributed by atoms with van der Waals surface area (Å²) < 4.78 is 24.7. The number of halogens is 2. The lowest BCUT2D eigenvalue weighted by Gasteiger charge is -2.23. The third-order valence-electron chi connectivity index (χ3n) is 1.93. The summed E-state index contributed by atoms with van der Waals surface area (Å²) in [6, 6.07) is 0. The molecule has 0 aliphatic carbocycles. The normalized spacial score (nSPS) is 14.7. The molecule has 0 aromatic rings. The standard InChI is InChI=1S/C8H14F2N2O3/c1-5(13)12-4-2-3-8(11,6(9)10)7(14)15/h6H,2-4,11H2,1H3,(H,12,13)(H,14,15). The van der Waals surface area contributed by atoms with Gasteiger partial charge in [0.15, 0.2) is 5.54 Å². The molecule has 0 aliphatic rings. The lowest BCUT2D eigenvalue weighted by molar-refractivity contribution is -0.150. The van der Waals surface area contributed by atoms with Gasteiger partial charge in [0, 0.05) is 13.5 Å². The first kappa shape index (κ1) is 13.8. The van der Waals surface area contributed by atoms with E-state index >= 15 is 0 Å². The zero-order valence-electron chi connectivity index (χ0n) is 8.30. The number of carboxylic acids is 1. The van der Waals surface area contributed by atoms with Crippen LogP contribution in [0.3, 0.4) is 0 Å². The van der Waals surface area contributed by atoms with Gasteiger partial charge in [-0.1, -0.05) is 0 Å². The number of hydrogen-bond acceptors (Lipinski definition) is 3. The van der Waals surface area contributed by atoms with Gasteiger partial charge in [0.1, 0.15) is 0 Å². The number of nitrogens with one attached hydrogen (secondary N) is 1. The van der Waals surface area contributed by atoms with Crippen LogP contribution in [0.15, 0.2) is 0 Å². The number of carboxylic acid groups (broad SMARTS) is 1. The molecular formula is C8H14F2N2O3. The third kappa shape index (κ3) is 4.20. The van der Waals surface area contributed by atoms with E-state index in [4.69, 9.17) is 10.8 Å². The summed E-state index contributed by atoms with van der Waals surface area (Å²) in [5.74, 6) is -2.04. The van der Waals surface area contributed by atoms with Crippen molar-refractivity contribution in [2.75, 3.05) is 6.54 Å². The first-order valence-electron chi connectivity index (χ1n) is 4.35. The number of aliphatic carboxylic acids is 1. The second-order valence-corrected chi connectivity index (χ2v) is 3.23. The highest BCUT2D eigenvalue weighted by molar-refractivity contribution is 5.79. The van der Waals surface area contributed by atoms with E-state index in [0.717, 1.165) is 0 Å². The van der Waals surface area contributed by atoms with Gasteiger partial charge in [0.2, 0.25) is 5.91 Å². The number of hydrogen-bond donors (Lipinski definition) is 3. The highest BCUT2D eigenvalue weighted by atomic mass is 19.3. The molecule has 88 valence electrons. The summed E-state index contributed by atoms with van der Waals surface area (Å²) in [6.07, 6.45) is -3.43. The Balaban J connectivity index is 4.09. The number of rotatable bonds is 6. The predicted molar refractivity (Wildman–Crippen MR) is 48.5 cm³/mol. The number of carbonyl (C=O) groups is 2. The van der Waals surface area contributed by atoms with Gasteiger partial charge in [-0.2, -0.15) is 0 Å². The Kier molecular flexibility index (Phi) is 5.13. The fraction of sp³-hybridized carbons (Fsp3) is 0.750. The molecule has 0 aliphatic heterocycles. The van der Waals surface area contributed by atoms with E-state index in [2.05, 4.69) is 5.32 Å². The Labute approximate surface area is 85.6 Å². The van der Waals surface area contributed by atoms with E-state index in [-0.39, 0.29) is 25.3 Å². The zero-order chi connectivity index (χ0) is 12.1. The molecule has 0 heterocycles. The van der Waals surface area contributed by atoms with Gasteiger partial charge in [-0.15, -0.1) is 0 Å². The first-order valence-corrected chi connectivity index (χ1v) is 4.35. The average Bonchev–Trinajstić information content (AvgIpc) is 2.10. The predicted octanol–water partition coefficient (Wildman–Crippen LogP) is -0.0501. The van der Waals surface area contributed by atoms with Crippen molar-refractivity contribution in [3.05, 3.63) is 0 Å². The molecule has 0 radical (unpaired) electrons. The summed E-state index contributed by atoms with van der Waals surface area (Å²) >= 11 is 0. The van der Waals surface area contributed by atoms with Crippen LogP contribution in [0.1, 0.15) is 19.8 Å². The number of nitrogens with two attached hydrogens (primary N) is 1. The third-order valence-corrected chi connectivity index (χ3v) is 1.93. The lowest BCUT2D eigenvalue weighted by Crippen LogP contribution is -2.54. The second kappa shape index (κ2) is 5.59. The molecule has 1 atom stereocenters. The van der Waals surface area contributed by atoms with Crippen molar-refractivity contribution in [3.63, 3.8) is 0 Å². The number of carbonyl (C=O) groups excluding carboxylic acids is 1. The van der Waals surface area contributed by atoms with Crippen LogP contribution in [0.2, 0.25) is 0 Å². The average molecular weight is 224 g/mol. The molecule has 1 unspecified atom stereocenters.